The lowest BCUT2D eigenvalue weighted by Gasteiger charge is -2.17. The maximum Gasteiger partial charge on any atom is 0.161 e. The summed E-state index contributed by atoms with van der Waals surface area (Å²) in [5, 5.41) is 2.31. The fourth-order valence-corrected chi connectivity index (χ4v) is 1.90. The van der Waals surface area contributed by atoms with Gasteiger partial charge in [-0.15, -0.1) is 0 Å². The molecule has 3 nitrogen and oxygen atoms in total. The van der Waals surface area contributed by atoms with E-state index in [-0.39, 0.29) is 12.4 Å². The summed E-state index contributed by atoms with van der Waals surface area (Å²) in [6.45, 7) is 2.22. The number of halogens is 1. The third kappa shape index (κ3) is 2.36. The van der Waals surface area contributed by atoms with E-state index in [2.05, 4.69) is 17.4 Å². The van der Waals surface area contributed by atoms with Crippen LogP contribution in [0.5, 0.6) is 11.5 Å². The van der Waals surface area contributed by atoms with E-state index in [1.54, 1.807) is 14.2 Å². The van der Waals surface area contributed by atoms with E-state index in [9.17, 15) is 0 Å². The molecule has 0 aliphatic carbocycles. The van der Waals surface area contributed by atoms with Crippen LogP contribution >= 0.6 is 0 Å². The fraction of sp³-hybridized carbons (Fsp3) is 0.455. The van der Waals surface area contributed by atoms with Crippen molar-refractivity contribution in [3.8, 4) is 11.5 Å². The molecule has 0 aromatic heterocycles. The molecule has 84 valence electrons. The van der Waals surface area contributed by atoms with E-state index in [1.165, 1.54) is 17.7 Å². The largest absolute Gasteiger partial charge is 1.00 e. The molecule has 0 spiro atoms. The molecule has 1 aliphatic rings. The molecule has 1 aromatic rings. The number of quaternary nitrogens is 1. The summed E-state index contributed by atoms with van der Waals surface area (Å²) in [5.41, 5.74) is 2.76. The zero-order valence-corrected chi connectivity index (χ0v) is 9.80. The first-order valence-corrected chi connectivity index (χ1v) is 4.90. The van der Waals surface area contributed by atoms with Crippen molar-refractivity contribution in [2.75, 3.05) is 20.8 Å². The first-order valence-electron chi connectivity index (χ1n) is 4.90. The van der Waals surface area contributed by atoms with Crippen molar-refractivity contribution in [1.82, 2.24) is 0 Å². The summed E-state index contributed by atoms with van der Waals surface area (Å²) in [4.78, 5) is 0. The average molecular weight is 230 g/mol. The maximum absolute atomic E-state index is 5.27. The van der Waals surface area contributed by atoms with Crippen LogP contribution in [0.1, 0.15) is 11.1 Å². The Hall–Kier alpha value is -0.930. The van der Waals surface area contributed by atoms with E-state index in [4.69, 9.17) is 9.47 Å². The Bertz CT molecular complexity index is 297. The highest BCUT2D eigenvalue weighted by Gasteiger charge is 2.15. The molecule has 0 fully saturated rings. The standard InChI is InChI=1S/C11H15NO2.ClH/c1-13-10-5-8-3-4-12-7-9(8)6-11(10)14-2;/h5-6,12H,3-4,7H2,1-2H3;1H. The van der Waals surface area contributed by atoms with Crippen molar-refractivity contribution < 1.29 is 27.2 Å². The van der Waals surface area contributed by atoms with Gasteiger partial charge in [-0.1, -0.05) is 0 Å². The smallest absolute Gasteiger partial charge is 0.161 e. The maximum atomic E-state index is 5.27. The highest BCUT2D eigenvalue weighted by molar-refractivity contribution is 5.47. The van der Waals surface area contributed by atoms with E-state index >= 15 is 0 Å². The molecule has 2 rings (SSSR count). The second-order valence-corrected chi connectivity index (χ2v) is 3.51. The predicted molar refractivity (Wildman–Crippen MR) is 53.7 cm³/mol. The second-order valence-electron chi connectivity index (χ2n) is 3.51. The van der Waals surface area contributed by atoms with Gasteiger partial charge in [-0.3, -0.25) is 0 Å². The lowest BCUT2D eigenvalue weighted by atomic mass is 10.0. The summed E-state index contributed by atoms with van der Waals surface area (Å²) in [6.07, 6.45) is 1.12. The third-order valence-corrected chi connectivity index (χ3v) is 2.69. The van der Waals surface area contributed by atoms with Crippen LogP contribution in [-0.4, -0.2) is 20.8 Å². The molecular weight excluding hydrogens is 214 g/mol. The Morgan fingerprint density at radius 1 is 1.07 bits per heavy atom. The van der Waals surface area contributed by atoms with E-state index in [1.807, 2.05) is 0 Å². The van der Waals surface area contributed by atoms with E-state index in [0.717, 1.165) is 24.5 Å². The summed E-state index contributed by atoms with van der Waals surface area (Å²) >= 11 is 0. The molecule has 1 aliphatic heterocycles. The molecule has 0 bridgehead atoms. The lowest BCUT2D eigenvalue weighted by molar-refractivity contribution is -0.673. The molecule has 15 heavy (non-hydrogen) atoms. The van der Waals surface area contributed by atoms with Gasteiger partial charge in [-0.2, -0.15) is 0 Å². The Morgan fingerprint density at radius 2 is 1.67 bits per heavy atom. The molecule has 0 amide bonds. The van der Waals surface area contributed by atoms with Crippen molar-refractivity contribution in [2.24, 2.45) is 0 Å². The highest BCUT2D eigenvalue weighted by atomic mass is 35.5. The van der Waals surface area contributed by atoms with Crippen molar-refractivity contribution >= 4 is 0 Å². The number of ether oxygens (including phenoxy) is 2. The second kappa shape index (κ2) is 5.24. The van der Waals surface area contributed by atoms with Crippen LogP contribution in [0.3, 0.4) is 0 Å². The van der Waals surface area contributed by atoms with Gasteiger partial charge in [0, 0.05) is 12.0 Å². The van der Waals surface area contributed by atoms with Crippen molar-refractivity contribution in [1.29, 1.82) is 0 Å². The van der Waals surface area contributed by atoms with Crippen LogP contribution < -0.4 is 27.2 Å². The summed E-state index contributed by atoms with van der Waals surface area (Å²) in [7, 11) is 3.36. The molecule has 0 radical (unpaired) electrons. The minimum absolute atomic E-state index is 0. The number of hydrogen-bond acceptors (Lipinski definition) is 2. The van der Waals surface area contributed by atoms with E-state index in [0.29, 0.717) is 0 Å². The number of hydrogen-bond donors (Lipinski definition) is 1. The Labute approximate surface area is 96.2 Å². The molecule has 1 heterocycles. The summed E-state index contributed by atoms with van der Waals surface area (Å²) in [5.74, 6) is 1.68. The van der Waals surface area contributed by atoms with Gasteiger partial charge in [0.05, 0.1) is 20.8 Å². The van der Waals surface area contributed by atoms with Crippen molar-refractivity contribution in [3.63, 3.8) is 0 Å². The molecule has 0 saturated heterocycles. The zero-order chi connectivity index (χ0) is 9.97. The van der Waals surface area contributed by atoms with Gasteiger partial charge in [0.25, 0.3) is 0 Å². The van der Waals surface area contributed by atoms with Crippen LogP contribution in [-0.2, 0) is 13.0 Å². The van der Waals surface area contributed by atoms with Gasteiger partial charge in [0.15, 0.2) is 11.5 Å². The monoisotopic (exact) mass is 229 g/mol. The average Bonchev–Trinajstić information content (AvgIpc) is 2.27. The summed E-state index contributed by atoms with van der Waals surface area (Å²) < 4.78 is 10.5. The zero-order valence-electron chi connectivity index (χ0n) is 9.05. The van der Waals surface area contributed by atoms with Crippen LogP contribution in [0, 0.1) is 0 Å². The molecule has 1 aromatic carbocycles. The predicted octanol–water partition coefficient (Wildman–Crippen LogP) is -2.67. The number of methoxy groups -OCH3 is 2. The quantitative estimate of drug-likeness (QED) is 0.601. The third-order valence-electron chi connectivity index (χ3n) is 2.69. The fourth-order valence-electron chi connectivity index (χ4n) is 1.90. The van der Waals surface area contributed by atoms with Gasteiger partial charge in [0.2, 0.25) is 0 Å². The number of rotatable bonds is 2. The normalized spacial score (nSPS) is 13.7. The van der Waals surface area contributed by atoms with Gasteiger partial charge < -0.3 is 27.2 Å². The summed E-state index contributed by atoms with van der Waals surface area (Å²) in [6, 6.07) is 4.19. The highest BCUT2D eigenvalue weighted by Crippen LogP contribution is 2.30. The first kappa shape index (κ1) is 12.1. The van der Waals surface area contributed by atoms with Gasteiger partial charge in [-0.25, -0.2) is 0 Å². The molecule has 2 N–H and O–H groups in total. The van der Waals surface area contributed by atoms with Crippen molar-refractivity contribution in [2.45, 2.75) is 13.0 Å². The van der Waals surface area contributed by atoms with Crippen LogP contribution in [0.15, 0.2) is 12.1 Å². The van der Waals surface area contributed by atoms with Gasteiger partial charge in [-0.05, 0) is 17.7 Å². The lowest BCUT2D eigenvalue weighted by Crippen LogP contribution is -3.00. The number of nitrogens with two attached hydrogens (primary N) is 1. The first-order chi connectivity index (χ1) is 6.85. The molecular formula is C11H16ClNO2. The Balaban J connectivity index is 0.00000112. The van der Waals surface area contributed by atoms with Gasteiger partial charge >= 0.3 is 0 Å². The molecule has 0 saturated carbocycles. The van der Waals surface area contributed by atoms with Gasteiger partial charge in [0.1, 0.15) is 6.54 Å². The van der Waals surface area contributed by atoms with E-state index < -0.39 is 0 Å². The topological polar surface area (TPSA) is 35.1 Å². The molecule has 4 heteroatoms. The molecule has 0 atom stereocenters. The minimum atomic E-state index is 0. The molecule has 0 unspecified atom stereocenters. The van der Waals surface area contributed by atoms with Crippen LogP contribution in [0.2, 0.25) is 0 Å². The Morgan fingerprint density at radius 3 is 2.27 bits per heavy atom. The van der Waals surface area contributed by atoms with Crippen molar-refractivity contribution in [3.05, 3.63) is 23.3 Å². The number of benzene rings is 1. The Kier molecular flexibility index (Phi) is 4.24. The van der Waals surface area contributed by atoms with Crippen LogP contribution in [0.4, 0.5) is 0 Å². The number of fused-ring (bicyclic) bond motifs is 1. The minimum Gasteiger partial charge on any atom is -1.00 e. The SMILES string of the molecule is COc1cc2c(cc1OC)C[NH2+]CC2.[Cl-]. The van der Waals surface area contributed by atoms with Crippen LogP contribution in [0.25, 0.3) is 0 Å².